The van der Waals surface area contributed by atoms with Crippen molar-refractivity contribution in [1.29, 1.82) is 0 Å². The quantitative estimate of drug-likeness (QED) is 0.747. The van der Waals surface area contributed by atoms with E-state index in [2.05, 4.69) is 17.4 Å². The second-order valence-electron chi connectivity index (χ2n) is 6.50. The zero-order valence-corrected chi connectivity index (χ0v) is 14.3. The maximum Gasteiger partial charge on any atom is 0.244 e. The van der Waals surface area contributed by atoms with Crippen LogP contribution in [0.4, 0.5) is 0 Å². The van der Waals surface area contributed by atoms with Crippen molar-refractivity contribution < 1.29 is 9.59 Å². The van der Waals surface area contributed by atoms with Gasteiger partial charge in [0.15, 0.2) is 0 Å². The molecule has 0 radical (unpaired) electrons. The third-order valence-electron chi connectivity index (χ3n) is 4.34. The van der Waals surface area contributed by atoms with E-state index in [9.17, 15) is 9.59 Å². The van der Waals surface area contributed by atoms with Crippen LogP contribution >= 0.6 is 0 Å². The standard InChI is InChI=1S/C19H27N3O2/c1-15(7-8-16-5-3-2-4-6-16)13-19(24)21-17-9-11-22(12-10-17)14-18(20)23/h2-6,13,17H,7-12,14H2,1H3,(H2,20,23)(H,21,24)/b15-13+. The van der Waals surface area contributed by atoms with E-state index in [0.717, 1.165) is 44.3 Å². The molecule has 1 fully saturated rings. The van der Waals surface area contributed by atoms with Crippen LogP contribution in [0.1, 0.15) is 31.7 Å². The molecule has 2 amide bonds. The molecule has 24 heavy (non-hydrogen) atoms. The highest BCUT2D eigenvalue weighted by Gasteiger charge is 2.20. The highest BCUT2D eigenvalue weighted by Crippen LogP contribution is 2.11. The SMILES string of the molecule is C/C(=C\C(=O)NC1CCN(CC(N)=O)CC1)CCc1ccccc1. The van der Waals surface area contributed by atoms with Gasteiger partial charge < -0.3 is 11.1 Å². The van der Waals surface area contributed by atoms with Crippen LogP contribution in [0, 0.1) is 0 Å². The van der Waals surface area contributed by atoms with Crippen LogP contribution < -0.4 is 11.1 Å². The van der Waals surface area contributed by atoms with Crippen LogP contribution in [0.15, 0.2) is 42.0 Å². The van der Waals surface area contributed by atoms with Gasteiger partial charge in [-0.25, -0.2) is 0 Å². The van der Waals surface area contributed by atoms with E-state index in [4.69, 9.17) is 5.73 Å². The van der Waals surface area contributed by atoms with E-state index >= 15 is 0 Å². The smallest absolute Gasteiger partial charge is 0.244 e. The predicted molar refractivity (Wildman–Crippen MR) is 95.3 cm³/mol. The summed E-state index contributed by atoms with van der Waals surface area (Å²) in [6.07, 6.45) is 5.25. The Hall–Kier alpha value is -2.14. The molecule has 1 heterocycles. The van der Waals surface area contributed by atoms with Gasteiger partial charge in [-0.15, -0.1) is 0 Å². The minimum atomic E-state index is -0.297. The zero-order chi connectivity index (χ0) is 17.4. The number of piperidine rings is 1. The minimum absolute atomic E-state index is 0.0195. The Morgan fingerprint density at radius 2 is 1.92 bits per heavy atom. The molecule has 0 unspecified atom stereocenters. The molecule has 0 aromatic heterocycles. The summed E-state index contributed by atoms with van der Waals surface area (Å²) in [6, 6.07) is 10.5. The van der Waals surface area contributed by atoms with Gasteiger partial charge in [0.1, 0.15) is 0 Å². The van der Waals surface area contributed by atoms with Gasteiger partial charge in [-0.1, -0.05) is 35.9 Å². The van der Waals surface area contributed by atoms with Crippen LogP contribution in [0.25, 0.3) is 0 Å². The van der Waals surface area contributed by atoms with Gasteiger partial charge >= 0.3 is 0 Å². The molecule has 0 bridgehead atoms. The molecule has 0 aliphatic carbocycles. The Kier molecular flexibility index (Phi) is 7.00. The number of primary amides is 1. The molecule has 5 nitrogen and oxygen atoms in total. The Morgan fingerprint density at radius 3 is 2.54 bits per heavy atom. The van der Waals surface area contributed by atoms with E-state index in [1.165, 1.54) is 5.56 Å². The van der Waals surface area contributed by atoms with Crippen molar-refractivity contribution in [2.24, 2.45) is 5.73 Å². The number of amides is 2. The Labute approximate surface area is 143 Å². The summed E-state index contributed by atoms with van der Waals surface area (Å²) in [6.45, 7) is 3.90. The van der Waals surface area contributed by atoms with Crippen LogP contribution in [-0.4, -0.2) is 42.4 Å². The van der Waals surface area contributed by atoms with E-state index in [1.807, 2.05) is 30.0 Å². The van der Waals surface area contributed by atoms with Crippen molar-refractivity contribution in [2.45, 2.75) is 38.6 Å². The first-order chi connectivity index (χ1) is 11.5. The molecule has 2 rings (SSSR count). The number of nitrogens with two attached hydrogens (primary N) is 1. The van der Waals surface area contributed by atoms with Crippen LogP contribution in [0.2, 0.25) is 0 Å². The van der Waals surface area contributed by atoms with E-state index in [1.54, 1.807) is 6.08 Å². The maximum absolute atomic E-state index is 12.1. The molecule has 5 heteroatoms. The van der Waals surface area contributed by atoms with Gasteiger partial charge in [0.25, 0.3) is 0 Å². The number of aryl methyl sites for hydroxylation is 1. The Balaban J connectivity index is 1.71. The Bertz CT molecular complexity index is 576. The van der Waals surface area contributed by atoms with Gasteiger partial charge in [0.2, 0.25) is 11.8 Å². The van der Waals surface area contributed by atoms with Gasteiger partial charge in [-0.05, 0) is 38.2 Å². The third-order valence-corrected chi connectivity index (χ3v) is 4.34. The highest BCUT2D eigenvalue weighted by molar-refractivity contribution is 5.88. The largest absolute Gasteiger partial charge is 0.369 e. The lowest BCUT2D eigenvalue weighted by atomic mass is 10.0. The summed E-state index contributed by atoms with van der Waals surface area (Å²) in [5.41, 5.74) is 7.58. The number of nitrogens with one attached hydrogen (secondary N) is 1. The normalized spacial score (nSPS) is 16.8. The molecular weight excluding hydrogens is 302 g/mol. The second-order valence-corrected chi connectivity index (χ2v) is 6.50. The fourth-order valence-electron chi connectivity index (χ4n) is 2.98. The highest BCUT2D eigenvalue weighted by atomic mass is 16.2. The third kappa shape index (κ3) is 6.54. The lowest BCUT2D eigenvalue weighted by molar-refractivity contribution is -0.120. The average Bonchev–Trinajstić information content (AvgIpc) is 2.55. The molecule has 1 aromatic carbocycles. The summed E-state index contributed by atoms with van der Waals surface area (Å²) in [7, 11) is 0. The van der Waals surface area contributed by atoms with Gasteiger partial charge in [-0.2, -0.15) is 0 Å². The first kappa shape index (κ1) is 18.2. The average molecular weight is 329 g/mol. The predicted octanol–water partition coefficient (Wildman–Crippen LogP) is 1.63. The number of rotatable bonds is 7. The number of benzene rings is 1. The number of likely N-dealkylation sites (tertiary alicyclic amines) is 1. The van der Waals surface area contributed by atoms with Crippen molar-refractivity contribution in [3.05, 3.63) is 47.5 Å². The Morgan fingerprint density at radius 1 is 1.25 bits per heavy atom. The molecule has 0 saturated carbocycles. The van der Waals surface area contributed by atoms with Crippen molar-refractivity contribution in [1.82, 2.24) is 10.2 Å². The minimum Gasteiger partial charge on any atom is -0.369 e. The molecule has 1 aliphatic rings. The van der Waals surface area contributed by atoms with Crippen LogP contribution in [0.5, 0.6) is 0 Å². The summed E-state index contributed by atoms with van der Waals surface area (Å²) >= 11 is 0. The number of hydrogen-bond acceptors (Lipinski definition) is 3. The van der Waals surface area contributed by atoms with Crippen molar-refractivity contribution >= 4 is 11.8 Å². The van der Waals surface area contributed by atoms with Crippen molar-refractivity contribution in [3.63, 3.8) is 0 Å². The lowest BCUT2D eigenvalue weighted by Crippen LogP contribution is -2.46. The van der Waals surface area contributed by atoms with Crippen LogP contribution in [0.3, 0.4) is 0 Å². The first-order valence-corrected chi connectivity index (χ1v) is 8.55. The van der Waals surface area contributed by atoms with Gasteiger partial charge in [0, 0.05) is 25.2 Å². The molecule has 0 atom stereocenters. The molecule has 1 saturated heterocycles. The number of nitrogens with zero attached hydrogens (tertiary/aromatic N) is 1. The lowest BCUT2D eigenvalue weighted by Gasteiger charge is -2.31. The fourth-order valence-corrected chi connectivity index (χ4v) is 2.98. The topological polar surface area (TPSA) is 75.4 Å². The van der Waals surface area contributed by atoms with E-state index in [0.29, 0.717) is 6.54 Å². The summed E-state index contributed by atoms with van der Waals surface area (Å²) in [5, 5.41) is 3.06. The molecule has 3 N–H and O–H groups in total. The second kappa shape index (κ2) is 9.23. The molecule has 130 valence electrons. The van der Waals surface area contributed by atoms with Crippen molar-refractivity contribution in [3.8, 4) is 0 Å². The maximum atomic E-state index is 12.1. The summed E-state index contributed by atoms with van der Waals surface area (Å²) in [5.74, 6) is -0.316. The summed E-state index contributed by atoms with van der Waals surface area (Å²) < 4.78 is 0. The molecule has 0 spiro atoms. The molecule has 1 aliphatic heterocycles. The van der Waals surface area contributed by atoms with Gasteiger partial charge in [-0.3, -0.25) is 14.5 Å². The van der Waals surface area contributed by atoms with Crippen LogP contribution in [-0.2, 0) is 16.0 Å². The number of allylic oxidation sites excluding steroid dienone is 1. The zero-order valence-electron chi connectivity index (χ0n) is 14.3. The monoisotopic (exact) mass is 329 g/mol. The van der Waals surface area contributed by atoms with E-state index in [-0.39, 0.29) is 17.9 Å². The van der Waals surface area contributed by atoms with Gasteiger partial charge in [0.05, 0.1) is 6.54 Å². The number of carbonyl (C=O) groups excluding carboxylic acids is 2. The number of carbonyl (C=O) groups is 2. The molecular formula is C19H27N3O2. The number of hydrogen-bond donors (Lipinski definition) is 2. The van der Waals surface area contributed by atoms with Crippen molar-refractivity contribution in [2.75, 3.05) is 19.6 Å². The summed E-state index contributed by atoms with van der Waals surface area (Å²) in [4.78, 5) is 25.1. The first-order valence-electron chi connectivity index (χ1n) is 8.55. The fraction of sp³-hybridized carbons (Fsp3) is 0.474. The van der Waals surface area contributed by atoms with E-state index < -0.39 is 0 Å². The molecule has 1 aromatic rings.